The highest BCUT2D eigenvalue weighted by Crippen LogP contribution is 2.27. The summed E-state index contributed by atoms with van der Waals surface area (Å²) >= 11 is 0. The molecule has 1 aliphatic heterocycles. The number of benzene rings is 3. The summed E-state index contributed by atoms with van der Waals surface area (Å²) in [7, 11) is 3.14. The van der Waals surface area contributed by atoms with Crippen molar-refractivity contribution in [3.05, 3.63) is 89.7 Å². The first-order chi connectivity index (χ1) is 16.6. The van der Waals surface area contributed by atoms with Gasteiger partial charge in [-0.25, -0.2) is 9.18 Å². The van der Waals surface area contributed by atoms with Crippen molar-refractivity contribution >= 4 is 17.4 Å². The molecule has 0 aliphatic carbocycles. The number of methoxy groups -OCH3 is 2. The lowest BCUT2D eigenvalue weighted by atomic mass is 10.0. The number of urea groups is 1. The monoisotopic (exact) mass is 463 g/mol. The first-order valence-corrected chi connectivity index (χ1v) is 10.9. The zero-order valence-electron chi connectivity index (χ0n) is 19.0. The van der Waals surface area contributed by atoms with Crippen LogP contribution in [0.15, 0.2) is 78.0 Å². The van der Waals surface area contributed by atoms with E-state index in [9.17, 15) is 9.18 Å². The third-order valence-corrected chi connectivity index (χ3v) is 5.53. The fraction of sp³-hybridized carbons (Fsp3) is 0.231. The molecule has 0 saturated heterocycles. The lowest BCUT2D eigenvalue weighted by Crippen LogP contribution is -2.40. The molecule has 34 heavy (non-hydrogen) atoms. The summed E-state index contributed by atoms with van der Waals surface area (Å²) in [6.45, 7) is 0.273. The van der Waals surface area contributed by atoms with Crippen molar-refractivity contribution in [2.24, 2.45) is 5.16 Å². The molecule has 4 rings (SSSR count). The van der Waals surface area contributed by atoms with E-state index in [1.54, 1.807) is 43.5 Å². The molecule has 0 saturated carbocycles. The van der Waals surface area contributed by atoms with Gasteiger partial charge in [0.15, 0.2) is 6.10 Å². The summed E-state index contributed by atoms with van der Waals surface area (Å²) in [6.07, 6.45) is 0.0888. The number of hydrogen-bond donors (Lipinski definition) is 1. The van der Waals surface area contributed by atoms with E-state index in [1.807, 2.05) is 30.3 Å². The average molecular weight is 464 g/mol. The van der Waals surface area contributed by atoms with Crippen molar-refractivity contribution in [2.75, 3.05) is 26.1 Å². The van der Waals surface area contributed by atoms with Crippen LogP contribution < -0.4 is 14.8 Å². The Morgan fingerprint density at radius 2 is 1.71 bits per heavy atom. The standard InChI is InChI=1S/C26H26FN3O4/c1-32-24-13-7-4-10-20(24)23-15-19(34-29-23)17-30(16-18-9-3-5-11-21(18)27)26(31)28-22-12-6-8-14-25(22)33-2/h3-14,19H,15-17H2,1-2H3,(H,28,31)/t19-/m1/s1. The van der Waals surface area contributed by atoms with Gasteiger partial charge in [0, 0.05) is 17.5 Å². The minimum Gasteiger partial charge on any atom is -0.496 e. The van der Waals surface area contributed by atoms with E-state index < -0.39 is 12.1 Å². The Kier molecular flexibility index (Phi) is 7.27. The minimum absolute atomic E-state index is 0.0670. The molecule has 7 nitrogen and oxygen atoms in total. The molecule has 0 unspecified atom stereocenters. The highest BCUT2D eigenvalue weighted by Gasteiger charge is 2.29. The number of amides is 2. The van der Waals surface area contributed by atoms with Gasteiger partial charge in [0.1, 0.15) is 17.3 Å². The average Bonchev–Trinajstić information content (AvgIpc) is 3.33. The SMILES string of the molecule is COc1ccccc1NC(=O)N(Cc1ccccc1F)C[C@H]1CC(c2ccccc2OC)=NO1. The Morgan fingerprint density at radius 3 is 2.47 bits per heavy atom. The molecule has 0 fully saturated rings. The quantitative estimate of drug-likeness (QED) is 0.506. The van der Waals surface area contributed by atoms with Gasteiger partial charge in [-0.1, -0.05) is 47.6 Å². The van der Waals surface area contributed by atoms with Crippen molar-refractivity contribution in [3.63, 3.8) is 0 Å². The zero-order valence-corrected chi connectivity index (χ0v) is 19.0. The molecule has 3 aromatic carbocycles. The fourth-order valence-electron chi connectivity index (χ4n) is 3.81. The minimum atomic E-state index is -0.401. The lowest BCUT2D eigenvalue weighted by molar-refractivity contribution is 0.0606. The summed E-state index contributed by atoms with van der Waals surface area (Å²) in [5, 5.41) is 7.09. The highest BCUT2D eigenvalue weighted by molar-refractivity contribution is 6.03. The van der Waals surface area contributed by atoms with Crippen molar-refractivity contribution in [3.8, 4) is 11.5 Å². The van der Waals surface area contributed by atoms with Crippen LogP contribution in [0.3, 0.4) is 0 Å². The summed E-state index contributed by atoms with van der Waals surface area (Å²) < 4.78 is 25.2. The Labute approximate surface area is 197 Å². The van der Waals surface area contributed by atoms with Crippen LogP contribution in [0, 0.1) is 5.82 Å². The maximum atomic E-state index is 14.4. The van der Waals surface area contributed by atoms with Crippen LogP contribution in [-0.4, -0.2) is 43.5 Å². The largest absolute Gasteiger partial charge is 0.496 e. The van der Waals surface area contributed by atoms with Gasteiger partial charge in [-0.2, -0.15) is 0 Å². The van der Waals surface area contributed by atoms with Crippen LogP contribution in [0.25, 0.3) is 0 Å². The number of carbonyl (C=O) groups excluding carboxylic acids is 1. The summed E-state index contributed by atoms with van der Waals surface area (Å²) in [5.74, 6) is 0.846. The first kappa shape index (κ1) is 23.1. The van der Waals surface area contributed by atoms with E-state index >= 15 is 0 Å². The second-order valence-electron chi connectivity index (χ2n) is 7.77. The third-order valence-electron chi connectivity index (χ3n) is 5.53. The van der Waals surface area contributed by atoms with Gasteiger partial charge in [0.05, 0.1) is 38.7 Å². The number of nitrogens with zero attached hydrogens (tertiary/aromatic N) is 2. The molecule has 176 valence electrons. The van der Waals surface area contributed by atoms with Crippen LogP contribution in [0.4, 0.5) is 14.9 Å². The van der Waals surface area contributed by atoms with Crippen LogP contribution in [0.5, 0.6) is 11.5 Å². The zero-order chi connectivity index (χ0) is 23.9. The molecular formula is C26H26FN3O4. The molecule has 0 spiro atoms. The molecule has 1 atom stereocenters. The Bertz CT molecular complexity index is 1180. The normalized spacial score (nSPS) is 14.7. The van der Waals surface area contributed by atoms with E-state index in [2.05, 4.69) is 10.5 Å². The maximum Gasteiger partial charge on any atom is 0.322 e. The smallest absolute Gasteiger partial charge is 0.322 e. The Morgan fingerprint density at radius 1 is 1.03 bits per heavy atom. The van der Waals surface area contributed by atoms with Crippen molar-refractivity contribution in [1.82, 2.24) is 4.90 Å². The van der Waals surface area contributed by atoms with E-state index in [0.717, 1.165) is 11.3 Å². The Hall–Kier alpha value is -4.07. The number of para-hydroxylation sites is 3. The van der Waals surface area contributed by atoms with Gasteiger partial charge in [0.25, 0.3) is 0 Å². The summed E-state index contributed by atoms with van der Waals surface area (Å²) in [5.41, 5.74) is 2.50. The molecule has 1 heterocycles. The van der Waals surface area contributed by atoms with E-state index in [0.29, 0.717) is 29.2 Å². The number of hydrogen-bond acceptors (Lipinski definition) is 5. The molecule has 3 aromatic rings. The highest BCUT2D eigenvalue weighted by atomic mass is 19.1. The second-order valence-corrected chi connectivity index (χ2v) is 7.77. The second kappa shape index (κ2) is 10.7. The van der Waals surface area contributed by atoms with E-state index in [1.165, 1.54) is 18.1 Å². The van der Waals surface area contributed by atoms with Crippen LogP contribution in [0.2, 0.25) is 0 Å². The molecule has 1 aliphatic rings. The third kappa shape index (κ3) is 5.28. The topological polar surface area (TPSA) is 72.4 Å². The number of ether oxygens (including phenoxy) is 2. The van der Waals surface area contributed by atoms with E-state index in [-0.39, 0.29) is 18.9 Å². The molecule has 1 N–H and O–H groups in total. The Balaban J connectivity index is 1.52. The number of halogens is 1. The van der Waals surface area contributed by atoms with Gasteiger partial charge >= 0.3 is 6.03 Å². The van der Waals surface area contributed by atoms with Crippen LogP contribution in [0.1, 0.15) is 17.5 Å². The van der Waals surface area contributed by atoms with Gasteiger partial charge in [-0.15, -0.1) is 0 Å². The summed E-state index contributed by atoms with van der Waals surface area (Å²) in [6, 6.07) is 20.7. The lowest BCUT2D eigenvalue weighted by Gasteiger charge is -2.26. The van der Waals surface area contributed by atoms with Gasteiger partial charge in [0.2, 0.25) is 0 Å². The molecule has 0 aromatic heterocycles. The number of anilines is 1. The number of rotatable bonds is 8. The number of carbonyl (C=O) groups is 1. The van der Waals surface area contributed by atoms with Crippen LogP contribution in [-0.2, 0) is 11.4 Å². The first-order valence-electron chi connectivity index (χ1n) is 10.9. The fourth-order valence-corrected chi connectivity index (χ4v) is 3.81. The predicted octanol–water partition coefficient (Wildman–Crippen LogP) is 5.07. The van der Waals surface area contributed by atoms with Gasteiger partial charge < -0.3 is 24.5 Å². The van der Waals surface area contributed by atoms with Crippen molar-refractivity contribution < 1.29 is 23.5 Å². The van der Waals surface area contributed by atoms with Gasteiger partial charge in [-0.05, 0) is 30.3 Å². The molecule has 0 bridgehead atoms. The predicted molar refractivity (Wildman–Crippen MR) is 128 cm³/mol. The molecular weight excluding hydrogens is 437 g/mol. The summed E-state index contributed by atoms with van der Waals surface area (Å²) in [4.78, 5) is 20.4. The number of nitrogens with one attached hydrogen (secondary N) is 1. The maximum absolute atomic E-state index is 14.4. The van der Waals surface area contributed by atoms with Gasteiger partial charge in [-0.3, -0.25) is 0 Å². The molecule has 2 amide bonds. The molecule has 0 radical (unpaired) electrons. The van der Waals surface area contributed by atoms with Crippen LogP contribution >= 0.6 is 0 Å². The molecule has 8 heteroatoms. The number of oxime groups is 1. The van der Waals surface area contributed by atoms with Crippen molar-refractivity contribution in [1.29, 1.82) is 0 Å². The van der Waals surface area contributed by atoms with Crippen molar-refractivity contribution in [2.45, 2.75) is 19.1 Å². The van der Waals surface area contributed by atoms with E-state index in [4.69, 9.17) is 14.3 Å².